The fraction of sp³-hybridized carbons (Fsp3) is 0.419. The number of hydrogen-bond donors (Lipinski definition) is 2. The third kappa shape index (κ3) is 11.3. The van der Waals surface area contributed by atoms with Gasteiger partial charge in [0.25, 0.3) is 11.8 Å². The van der Waals surface area contributed by atoms with Crippen LogP contribution in [0.4, 0.5) is 0 Å². The molecule has 2 amide bonds. The minimum Gasteiger partial charge on any atom is -0.503 e. The van der Waals surface area contributed by atoms with E-state index in [0.717, 1.165) is 17.6 Å². The van der Waals surface area contributed by atoms with Crippen molar-refractivity contribution < 1.29 is 19.8 Å². The molecule has 0 atom stereocenters. The fourth-order valence-electron chi connectivity index (χ4n) is 4.21. The molecule has 2 N–H and O–H groups in total. The molecule has 0 saturated carbocycles. The molecule has 4 rings (SSSR count). The maximum atomic E-state index is 12.3. The van der Waals surface area contributed by atoms with Gasteiger partial charge in [-0.15, -0.1) is 0 Å². The summed E-state index contributed by atoms with van der Waals surface area (Å²) in [6, 6.07) is 5.09. The van der Waals surface area contributed by atoms with Gasteiger partial charge in [-0.05, 0) is 50.1 Å². The van der Waals surface area contributed by atoms with E-state index in [9.17, 15) is 14.7 Å². The number of aliphatic hydroxyl groups is 2. The van der Waals surface area contributed by atoms with E-state index in [1.54, 1.807) is 25.2 Å². The molecule has 0 aromatic heterocycles. The van der Waals surface area contributed by atoms with Gasteiger partial charge in [0.05, 0.1) is 22.2 Å². The van der Waals surface area contributed by atoms with E-state index >= 15 is 0 Å². The summed E-state index contributed by atoms with van der Waals surface area (Å²) in [5, 5.41) is 18.8. The van der Waals surface area contributed by atoms with Crippen LogP contribution in [-0.4, -0.2) is 102 Å². The van der Waals surface area contributed by atoms with Crippen LogP contribution in [-0.2, 0) is 16.1 Å². The lowest BCUT2D eigenvalue weighted by molar-refractivity contribution is -0.127. The summed E-state index contributed by atoms with van der Waals surface area (Å²) < 4.78 is 0. The van der Waals surface area contributed by atoms with Gasteiger partial charge in [-0.2, -0.15) is 0 Å². The molecule has 0 radical (unpaired) electrons. The predicted molar refractivity (Wildman–Crippen MR) is 165 cm³/mol. The van der Waals surface area contributed by atoms with E-state index in [-0.39, 0.29) is 12.1 Å². The molecule has 10 heteroatoms. The number of halogens is 2. The Bertz CT molecular complexity index is 1240. The normalized spacial score (nSPS) is 17.0. The van der Waals surface area contributed by atoms with Gasteiger partial charge >= 0.3 is 0 Å². The maximum absolute atomic E-state index is 12.3. The Morgan fingerprint density at radius 1 is 1.07 bits per heavy atom. The highest BCUT2D eigenvalue weighted by Gasteiger charge is 2.33. The van der Waals surface area contributed by atoms with Gasteiger partial charge in [-0.25, -0.2) is 0 Å². The number of carbonyl (C=O) groups is 2. The van der Waals surface area contributed by atoms with Crippen LogP contribution in [0.15, 0.2) is 65.5 Å². The van der Waals surface area contributed by atoms with E-state index in [1.165, 1.54) is 56.0 Å². The first-order valence-electron chi connectivity index (χ1n) is 13.5. The molecule has 0 spiro atoms. The standard InChI is InChI=1S/C14H14Cl2N2O3.C9H8O.C8H18N2/c1-17(6-8-3-4-10(15)11(16)5-8)13(20)9-7-18(2)14(21)12(9)19;10-8-7-9-5-3-1-2-4-6-9;1-3-4-10-7-5-9(2)6-8-10/h3-5,19H,6-7H2,1-2H3;1-5,10H,6H2;3-8H2,1-2H3. The molecule has 0 unspecified atom stereocenters. The largest absolute Gasteiger partial charge is 0.503 e. The SMILES string of the molecule is CCCN1CCN(C)CC1.CN1CC(C(=O)N(C)Cc2ccc(Cl)c(Cl)c2)=C(O)C1=O.OC#CC1=CC=CC=CC1. The second-order valence-corrected chi connectivity index (χ2v) is 10.8. The lowest BCUT2D eigenvalue weighted by Gasteiger charge is -2.31. The number of piperazine rings is 1. The minimum atomic E-state index is -0.540. The Labute approximate surface area is 253 Å². The molecule has 41 heavy (non-hydrogen) atoms. The summed E-state index contributed by atoms with van der Waals surface area (Å²) in [6.45, 7) is 8.97. The Kier molecular flexibility index (Phi) is 14.6. The van der Waals surface area contributed by atoms with E-state index in [2.05, 4.69) is 29.7 Å². The Hall–Kier alpha value is -3.22. The monoisotopic (exact) mass is 602 g/mol. The summed E-state index contributed by atoms with van der Waals surface area (Å²) in [5.74, 6) is 1.17. The van der Waals surface area contributed by atoms with Crippen LogP contribution in [0.2, 0.25) is 10.0 Å². The average molecular weight is 604 g/mol. The number of amides is 2. The van der Waals surface area contributed by atoms with Crippen LogP contribution < -0.4 is 0 Å². The predicted octanol–water partition coefficient (Wildman–Crippen LogP) is 4.64. The van der Waals surface area contributed by atoms with Crippen molar-refractivity contribution in [2.45, 2.75) is 26.3 Å². The fourth-order valence-corrected chi connectivity index (χ4v) is 4.53. The average Bonchev–Trinajstić information content (AvgIpc) is 3.11. The van der Waals surface area contributed by atoms with E-state index in [1.807, 2.05) is 36.5 Å². The van der Waals surface area contributed by atoms with Crippen LogP contribution >= 0.6 is 23.2 Å². The van der Waals surface area contributed by atoms with Crippen LogP contribution in [0, 0.1) is 12.0 Å². The molecular weight excluding hydrogens is 563 g/mol. The van der Waals surface area contributed by atoms with Crippen molar-refractivity contribution >= 4 is 35.0 Å². The Balaban J connectivity index is 0.000000244. The number of benzene rings is 1. The molecular formula is C31H40Cl2N4O4. The molecule has 2 heterocycles. The molecule has 3 aliphatic rings. The van der Waals surface area contributed by atoms with Crippen molar-refractivity contribution in [1.29, 1.82) is 0 Å². The second kappa shape index (κ2) is 17.6. The van der Waals surface area contributed by atoms with Gasteiger partial charge in [0.2, 0.25) is 0 Å². The smallest absolute Gasteiger partial charge is 0.289 e. The first-order valence-corrected chi connectivity index (χ1v) is 14.3. The van der Waals surface area contributed by atoms with Gasteiger partial charge < -0.3 is 29.8 Å². The molecule has 0 bridgehead atoms. The first kappa shape index (κ1) is 34.0. The summed E-state index contributed by atoms with van der Waals surface area (Å²) in [6.07, 6.45) is 13.7. The molecule has 1 aromatic rings. The van der Waals surface area contributed by atoms with Crippen molar-refractivity contribution in [3.63, 3.8) is 0 Å². The molecule has 222 valence electrons. The number of aliphatic hydroxyl groups excluding tert-OH is 2. The lowest BCUT2D eigenvalue weighted by Crippen LogP contribution is -2.44. The molecule has 1 aromatic carbocycles. The van der Waals surface area contributed by atoms with E-state index in [4.69, 9.17) is 28.3 Å². The van der Waals surface area contributed by atoms with Crippen LogP contribution in [0.25, 0.3) is 0 Å². The molecule has 8 nitrogen and oxygen atoms in total. The molecule has 1 saturated heterocycles. The molecule has 1 fully saturated rings. The van der Waals surface area contributed by atoms with Gasteiger partial charge in [-0.3, -0.25) is 9.59 Å². The minimum absolute atomic E-state index is 0.102. The van der Waals surface area contributed by atoms with Crippen LogP contribution in [0.5, 0.6) is 0 Å². The third-order valence-corrected chi connectivity index (χ3v) is 7.32. The number of likely N-dealkylation sites (N-methyl/N-ethyl adjacent to an activating group) is 3. The van der Waals surface area contributed by atoms with Crippen LogP contribution in [0.1, 0.15) is 25.3 Å². The number of allylic oxidation sites excluding steroid dienone is 6. The summed E-state index contributed by atoms with van der Waals surface area (Å²) in [5.41, 5.74) is 1.84. The van der Waals surface area contributed by atoms with Gasteiger partial charge in [0.15, 0.2) is 5.76 Å². The number of carbonyl (C=O) groups excluding carboxylic acids is 2. The van der Waals surface area contributed by atoms with Gasteiger partial charge in [0.1, 0.15) is 6.11 Å². The zero-order valence-electron chi connectivity index (χ0n) is 24.2. The van der Waals surface area contributed by atoms with Crippen molar-refractivity contribution in [3.8, 4) is 12.0 Å². The zero-order chi connectivity index (χ0) is 30.4. The molecule has 2 aliphatic heterocycles. The van der Waals surface area contributed by atoms with Crippen LogP contribution in [0.3, 0.4) is 0 Å². The highest BCUT2D eigenvalue weighted by molar-refractivity contribution is 6.42. The highest BCUT2D eigenvalue weighted by atomic mass is 35.5. The van der Waals surface area contributed by atoms with Gasteiger partial charge in [-0.1, -0.05) is 66.6 Å². The lowest BCUT2D eigenvalue weighted by atomic mass is 10.2. The summed E-state index contributed by atoms with van der Waals surface area (Å²) in [4.78, 5) is 31.4. The van der Waals surface area contributed by atoms with Crippen molar-refractivity contribution in [3.05, 3.63) is 81.1 Å². The van der Waals surface area contributed by atoms with E-state index < -0.39 is 17.6 Å². The summed E-state index contributed by atoms with van der Waals surface area (Å²) in [7, 11) is 5.31. The number of nitrogens with zero attached hydrogens (tertiary/aromatic N) is 4. The van der Waals surface area contributed by atoms with Crippen molar-refractivity contribution in [2.24, 2.45) is 0 Å². The Morgan fingerprint density at radius 3 is 2.37 bits per heavy atom. The maximum Gasteiger partial charge on any atom is 0.289 e. The van der Waals surface area contributed by atoms with E-state index in [0.29, 0.717) is 16.6 Å². The first-order chi connectivity index (χ1) is 19.6. The zero-order valence-corrected chi connectivity index (χ0v) is 25.8. The topological polar surface area (TPSA) is 87.6 Å². The quantitative estimate of drug-likeness (QED) is 0.477. The number of rotatable bonds is 5. The highest BCUT2D eigenvalue weighted by Crippen LogP contribution is 2.24. The summed E-state index contributed by atoms with van der Waals surface area (Å²) >= 11 is 11.8. The third-order valence-electron chi connectivity index (χ3n) is 6.58. The Morgan fingerprint density at radius 2 is 1.78 bits per heavy atom. The number of hydrogen-bond acceptors (Lipinski definition) is 6. The van der Waals surface area contributed by atoms with Crippen molar-refractivity contribution in [1.82, 2.24) is 19.6 Å². The van der Waals surface area contributed by atoms with Gasteiger partial charge in [0, 0.05) is 52.4 Å². The molecule has 1 aliphatic carbocycles. The van der Waals surface area contributed by atoms with Crippen molar-refractivity contribution in [2.75, 3.05) is 60.4 Å². The second-order valence-electron chi connectivity index (χ2n) is 9.99.